The molecule has 2 atom stereocenters. The van der Waals surface area contributed by atoms with Crippen molar-refractivity contribution in [2.75, 3.05) is 0 Å². The third-order valence-electron chi connectivity index (χ3n) is 6.69. The standard InChI is InChI=1S/C22H27NO/c1-15(2)8-9-19-16-10-21(18-6-4-3-5-7-18)11-17(19)13-22(12-16,14-21)20(23)24/h3-9,16-17H,10-14H2,1-2H3,(H2,23,24). The van der Waals surface area contributed by atoms with Crippen molar-refractivity contribution in [2.45, 2.75) is 51.4 Å². The summed E-state index contributed by atoms with van der Waals surface area (Å²) in [4.78, 5) is 12.4. The first-order valence-electron chi connectivity index (χ1n) is 9.15. The maximum atomic E-state index is 12.4. The van der Waals surface area contributed by atoms with Crippen molar-refractivity contribution in [3.8, 4) is 0 Å². The number of carbonyl (C=O) groups excluding carboxylic acids is 1. The van der Waals surface area contributed by atoms with Gasteiger partial charge in [0.05, 0.1) is 5.41 Å². The van der Waals surface area contributed by atoms with Crippen LogP contribution in [0.4, 0.5) is 0 Å². The molecular formula is C22H27NO. The first kappa shape index (κ1) is 15.7. The van der Waals surface area contributed by atoms with Crippen LogP contribution in [-0.2, 0) is 10.2 Å². The third kappa shape index (κ3) is 2.27. The number of hydrogen-bond donors (Lipinski definition) is 1. The summed E-state index contributed by atoms with van der Waals surface area (Å²) in [7, 11) is 0. The first-order chi connectivity index (χ1) is 11.4. The molecule has 126 valence electrons. The lowest BCUT2D eigenvalue weighted by Gasteiger charge is -2.62. The van der Waals surface area contributed by atoms with Gasteiger partial charge in [-0.3, -0.25) is 4.79 Å². The Morgan fingerprint density at radius 2 is 1.71 bits per heavy atom. The monoisotopic (exact) mass is 321 g/mol. The lowest BCUT2D eigenvalue weighted by molar-refractivity contribution is -0.140. The van der Waals surface area contributed by atoms with E-state index in [1.165, 1.54) is 24.0 Å². The highest BCUT2D eigenvalue weighted by Gasteiger charge is 2.61. The highest BCUT2D eigenvalue weighted by molar-refractivity contribution is 5.82. The van der Waals surface area contributed by atoms with Crippen LogP contribution in [0.15, 0.2) is 53.6 Å². The highest BCUT2D eigenvalue weighted by atomic mass is 16.1. The molecule has 5 rings (SSSR count). The zero-order chi connectivity index (χ0) is 16.9. The van der Waals surface area contributed by atoms with Gasteiger partial charge in [0.1, 0.15) is 0 Å². The van der Waals surface area contributed by atoms with Gasteiger partial charge in [-0.2, -0.15) is 0 Å². The number of hydrogen-bond acceptors (Lipinski definition) is 1. The topological polar surface area (TPSA) is 43.1 Å². The number of primary amides is 1. The van der Waals surface area contributed by atoms with Gasteiger partial charge >= 0.3 is 0 Å². The first-order valence-corrected chi connectivity index (χ1v) is 9.15. The molecule has 0 heterocycles. The molecule has 4 bridgehead atoms. The predicted octanol–water partition coefficient (Wildman–Crippen LogP) is 4.51. The fourth-order valence-electron chi connectivity index (χ4n) is 5.89. The van der Waals surface area contributed by atoms with Crippen molar-refractivity contribution >= 4 is 5.91 Å². The Morgan fingerprint density at radius 1 is 1.08 bits per heavy atom. The molecule has 4 saturated carbocycles. The van der Waals surface area contributed by atoms with Crippen LogP contribution in [-0.4, -0.2) is 5.91 Å². The van der Waals surface area contributed by atoms with Crippen LogP contribution >= 0.6 is 0 Å². The third-order valence-corrected chi connectivity index (χ3v) is 6.69. The molecule has 2 heteroatoms. The quantitative estimate of drug-likeness (QED) is 0.874. The number of nitrogens with two attached hydrogens (primary N) is 1. The minimum atomic E-state index is -0.288. The summed E-state index contributed by atoms with van der Waals surface area (Å²) in [6.45, 7) is 4.28. The van der Waals surface area contributed by atoms with Crippen LogP contribution in [0.1, 0.15) is 51.5 Å². The van der Waals surface area contributed by atoms with E-state index in [2.05, 4.69) is 56.3 Å². The van der Waals surface area contributed by atoms with Gasteiger partial charge in [-0.15, -0.1) is 0 Å². The number of amides is 1. The minimum absolute atomic E-state index is 0.0709. The SMILES string of the molecule is CC(C)=CC=C1C2CC3(C(N)=O)CC1CC(c1ccccc1)(C2)C3. The average molecular weight is 321 g/mol. The lowest BCUT2D eigenvalue weighted by Crippen LogP contribution is -2.59. The molecule has 4 aliphatic rings. The summed E-state index contributed by atoms with van der Waals surface area (Å²) < 4.78 is 0. The Morgan fingerprint density at radius 3 is 2.25 bits per heavy atom. The Bertz CT molecular complexity index is 706. The maximum Gasteiger partial charge on any atom is 0.223 e. The number of allylic oxidation sites excluding steroid dienone is 4. The Labute approximate surface area is 144 Å². The van der Waals surface area contributed by atoms with Crippen LogP contribution in [0.2, 0.25) is 0 Å². The van der Waals surface area contributed by atoms with E-state index in [0.29, 0.717) is 11.8 Å². The maximum absolute atomic E-state index is 12.4. The molecule has 0 radical (unpaired) electrons. The predicted molar refractivity (Wildman–Crippen MR) is 97.3 cm³/mol. The Balaban J connectivity index is 1.79. The van der Waals surface area contributed by atoms with Crippen molar-refractivity contribution < 1.29 is 4.79 Å². The van der Waals surface area contributed by atoms with Crippen LogP contribution in [0.3, 0.4) is 0 Å². The molecule has 4 aliphatic carbocycles. The van der Waals surface area contributed by atoms with Crippen LogP contribution in [0, 0.1) is 17.3 Å². The zero-order valence-electron chi connectivity index (χ0n) is 14.7. The van der Waals surface area contributed by atoms with E-state index in [1.54, 1.807) is 5.57 Å². The van der Waals surface area contributed by atoms with Crippen molar-refractivity contribution in [1.29, 1.82) is 0 Å². The summed E-state index contributed by atoms with van der Waals surface area (Å²) in [6, 6.07) is 10.8. The molecule has 0 aliphatic heterocycles. The highest BCUT2D eigenvalue weighted by Crippen LogP contribution is 2.67. The van der Waals surface area contributed by atoms with Gasteiger partial charge in [0.15, 0.2) is 0 Å². The molecule has 0 aromatic heterocycles. The van der Waals surface area contributed by atoms with Crippen LogP contribution in [0.5, 0.6) is 0 Å². The van der Waals surface area contributed by atoms with E-state index >= 15 is 0 Å². The van der Waals surface area contributed by atoms with E-state index < -0.39 is 0 Å². The van der Waals surface area contributed by atoms with Gasteiger partial charge in [-0.1, -0.05) is 53.6 Å². The Hall–Kier alpha value is -1.83. The molecule has 2 unspecified atom stereocenters. The normalized spacial score (nSPS) is 36.5. The fourth-order valence-corrected chi connectivity index (χ4v) is 5.89. The van der Waals surface area contributed by atoms with Gasteiger partial charge in [-0.25, -0.2) is 0 Å². The molecule has 4 fully saturated rings. The summed E-state index contributed by atoms with van der Waals surface area (Å²) >= 11 is 0. The van der Waals surface area contributed by atoms with Gasteiger partial charge in [0, 0.05) is 0 Å². The van der Waals surface area contributed by atoms with Crippen molar-refractivity contribution in [2.24, 2.45) is 23.0 Å². The molecule has 2 nitrogen and oxygen atoms in total. The number of carbonyl (C=O) groups is 1. The minimum Gasteiger partial charge on any atom is -0.369 e. The molecule has 24 heavy (non-hydrogen) atoms. The zero-order valence-corrected chi connectivity index (χ0v) is 14.7. The molecule has 1 aromatic rings. The molecular weight excluding hydrogens is 294 g/mol. The van der Waals surface area contributed by atoms with Crippen LogP contribution in [0.25, 0.3) is 0 Å². The smallest absolute Gasteiger partial charge is 0.223 e. The average Bonchev–Trinajstić information content (AvgIpc) is 2.54. The summed E-state index contributed by atoms with van der Waals surface area (Å²) in [5, 5.41) is 0. The van der Waals surface area contributed by atoms with E-state index in [4.69, 9.17) is 5.73 Å². The second kappa shape index (κ2) is 5.34. The molecule has 0 saturated heterocycles. The molecule has 1 aromatic carbocycles. The van der Waals surface area contributed by atoms with Gasteiger partial charge in [0.2, 0.25) is 5.91 Å². The summed E-state index contributed by atoms with van der Waals surface area (Å²) in [5.74, 6) is 0.947. The molecule has 0 spiro atoms. The lowest BCUT2D eigenvalue weighted by atomic mass is 9.41. The molecule has 2 N–H and O–H groups in total. The van der Waals surface area contributed by atoms with Gasteiger partial charge in [0.25, 0.3) is 0 Å². The van der Waals surface area contributed by atoms with E-state index in [0.717, 1.165) is 19.3 Å². The second-order valence-corrected chi connectivity index (χ2v) is 8.59. The second-order valence-electron chi connectivity index (χ2n) is 8.59. The van der Waals surface area contributed by atoms with Crippen molar-refractivity contribution in [3.63, 3.8) is 0 Å². The van der Waals surface area contributed by atoms with E-state index in [-0.39, 0.29) is 16.7 Å². The van der Waals surface area contributed by atoms with Crippen LogP contribution < -0.4 is 5.73 Å². The largest absolute Gasteiger partial charge is 0.369 e. The Kier molecular flexibility index (Phi) is 3.49. The van der Waals surface area contributed by atoms with Crippen molar-refractivity contribution in [3.05, 3.63) is 59.2 Å². The van der Waals surface area contributed by atoms with Gasteiger partial charge < -0.3 is 5.73 Å². The summed E-state index contributed by atoms with van der Waals surface area (Å²) in [6.07, 6.45) is 9.78. The number of rotatable bonds is 3. The van der Waals surface area contributed by atoms with Crippen molar-refractivity contribution in [1.82, 2.24) is 0 Å². The fraction of sp³-hybridized carbons (Fsp3) is 0.500. The summed E-state index contributed by atoms with van der Waals surface area (Å²) in [5.41, 5.74) is 10.1. The van der Waals surface area contributed by atoms with Gasteiger partial charge in [-0.05, 0) is 68.8 Å². The molecule has 1 amide bonds. The van der Waals surface area contributed by atoms with E-state index in [1.807, 2.05) is 0 Å². The van der Waals surface area contributed by atoms with E-state index in [9.17, 15) is 4.79 Å². The number of benzene rings is 1.